The van der Waals surface area contributed by atoms with Gasteiger partial charge in [-0.25, -0.2) is 13.4 Å². The Morgan fingerprint density at radius 2 is 2.19 bits per heavy atom. The predicted octanol–water partition coefficient (Wildman–Crippen LogP) is 0.795. The lowest BCUT2D eigenvalue weighted by Crippen LogP contribution is -2.54. The fourth-order valence-electron chi connectivity index (χ4n) is 1.84. The first-order valence-electron chi connectivity index (χ1n) is 6.76. The van der Waals surface area contributed by atoms with Crippen LogP contribution in [0.15, 0.2) is 16.4 Å². The summed E-state index contributed by atoms with van der Waals surface area (Å²) in [4.78, 5) is 4.07. The standard InChI is InChI=1S/C12H23N5O3S/c1-5-7-17-8-10(14-9(17)3)21(19,20)16-12(4,6-2)11(13)15-18/h8,16,18H,5-7H2,1-4H3,(H2,13,15). The third-order valence-corrected chi connectivity index (χ3v) is 4.90. The van der Waals surface area contributed by atoms with Gasteiger partial charge in [0.1, 0.15) is 5.82 Å². The van der Waals surface area contributed by atoms with Crippen LogP contribution in [0.3, 0.4) is 0 Å². The topological polar surface area (TPSA) is 123 Å². The highest BCUT2D eigenvalue weighted by Crippen LogP contribution is 2.16. The van der Waals surface area contributed by atoms with Gasteiger partial charge in [-0.3, -0.25) is 0 Å². The molecule has 0 aromatic carbocycles. The summed E-state index contributed by atoms with van der Waals surface area (Å²) in [5, 5.41) is 11.6. The lowest BCUT2D eigenvalue weighted by molar-refractivity contribution is 0.310. The monoisotopic (exact) mass is 317 g/mol. The second-order valence-electron chi connectivity index (χ2n) is 5.10. The van der Waals surface area contributed by atoms with Crippen molar-refractivity contribution in [3.8, 4) is 0 Å². The number of imidazole rings is 1. The zero-order valence-corrected chi connectivity index (χ0v) is 13.6. The van der Waals surface area contributed by atoms with Crippen molar-refractivity contribution in [3.05, 3.63) is 12.0 Å². The minimum Gasteiger partial charge on any atom is -0.409 e. The molecule has 1 heterocycles. The highest BCUT2D eigenvalue weighted by atomic mass is 32.2. The number of hydrogen-bond acceptors (Lipinski definition) is 5. The van der Waals surface area contributed by atoms with Crippen molar-refractivity contribution in [2.75, 3.05) is 0 Å². The van der Waals surface area contributed by atoms with E-state index in [2.05, 4.69) is 14.9 Å². The molecule has 1 aromatic heterocycles. The predicted molar refractivity (Wildman–Crippen MR) is 79.7 cm³/mol. The highest BCUT2D eigenvalue weighted by Gasteiger charge is 2.34. The average molecular weight is 317 g/mol. The zero-order chi connectivity index (χ0) is 16.3. The van der Waals surface area contributed by atoms with Crippen LogP contribution in [0.2, 0.25) is 0 Å². The Morgan fingerprint density at radius 3 is 2.67 bits per heavy atom. The van der Waals surface area contributed by atoms with Crippen LogP contribution < -0.4 is 10.5 Å². The maximum absolute atomic E-state index is 12.4. The van der Waals surface area contributed by atoms with Gasteiger partial charge in [-0.15, -0.1) is 0 Å². The van der Waals surface area contributed by atoms with Crippen LogP contribution in [-0.4, -0.2) is 34.6 Å². The number of nitrogens with zero attached hydrogens (tertiary/aromatic N) is 3. The quantitative estimate of drug-likeness (QED) is 0.297. The Hall–Kier alpha value is -1.61. The maximum Gasteiger partial charge on any atom is 0.260 e. The second kappa shape index (κ2) is 6.44. The largest absolute Gasteiger partial charge is 0.409 e. The summed E-state index contributed by atoms with van der Waals surface area (Å²) in [6, 6.07) is 0. The first kappa shape index (κ1) is 17.4. The van der Waals surface area contributed by atoms with Gasteiger partial charge in [0.05, 0.1) is 5.54 Å². The average Bonchev–Trinajstić information content (AvgIpc) is 2.80. The molecule has 0 amide bonds. The van der Waals surface area contributed by atoms with Crippen LogP contribution in [0.25, 0.3) is 0 Å². The van der Waals surface area contributed by atoms with E-state index in [1.807, 2.05) is 6.92 Å². The van der Waals surface area contributed by atoms with E-state index < -0.39 is 15.6 Å². The van der Waals surface area contributed by atoms with E-state index in [0.29, 0.717) is 18.8 Å². The fourth-order valence-corrected chi connectivity index (χ4v) is 3.31. The molecule has 120 valence electrons. The van der Waals surface area contributed by atoms with Crippen molar-refractivity contribution in [2.24, 2.45) is 10.9 Å². The van der Waals surface area contributed by atoms with Gasteiger partial charge in [0.25, 0.3) is 10.0 Å². The van der Waals surface area contributed by atoms with Gasteiger partial charge in [-0.1, -0.05) is 19.0 Å². The number of sulfonamides is 1. The number of rotatable bonds is 7. The number of aryl methyl sites for hydroxylation is 2. The second-order valence-corrected chi connectivity index (χ2v) is 6.73. The number of nitrogens with one attached hydrogen (secondary N) is 1. The Morgan fingerprint density at radius 1 is 1.57 bits per heavy atom. The molecule has 0 aliphatic carbocycles. The van der Waals surface area contributed by atoms with E-state index in [1.54, 1.807) is 25.3 Å². The molecule has 0 spiro atoms. The van der Waals surface area contributed by atoms with Crippen LogP contribution in [0.5, 0.6) is 0 Å². The van der Waals surface area contributed by atoms with Crippen LogP contribution in [0.1, 0.15) is 39.4 Å². The normalized spacial score (nSPS) is 15.9. The lowest BCUT2D eigenvalue weighted by atomic mass is 10.00. The van der Waals surface area contributed by atoms with E-state index >= 15 is 0 Å². The molecular formula is C12H23N5O3S. The van der Waals surface area contributed by atoms with E-state index in [-0.39, 0.29) is 10.9 Å². The van der Waals surface area contributed by atoms with Crippen molar-refractivity contribution in [1.29, 1.82) is 0 Å². The Balaban J connectivity index is 3.14. The van der Waals surface area contributed by atoms with Gasteiger partial charge in [0, 0.05) is 12.7 Å². The van der Waals surface area contributed by atoms with Gasteiger partial charge in [0.15, 0.2) is 10.9 Å². The molecular weight excluding hydrogens is 294 g/mol. The van der Waals surface area contributed by atoms with Crippen molar-refractivity contribution in [1.82, 2.24) is 14.3 Å². The van der Waals surface area contributed by atoms with E-state index in [9.17, 15) is 8.42 Å². The van der Waals surface area contributed by atoms with Crippen LogP contribution in [0.4, 0.5) is 0 Å². The highest BCUT2D eigenvalue weighted by molar-refractivity contribution is 7.89. The number of oxime groups is 1. The minimum absolute atomic E-state index is 0.0705. The number of amidine groups is 1. The van der Waals surface area contributed by atoms with Crippen LogP contribution >= 0.6 is 0 Å². The summed E-state index contributed by atoms with van der Waals surface area (Å²) >= 11 is 0. The number of aromatic nitrogens is 2. The summed E-state index contributed by atoms with van der Waals surface area (Å²) in [5.74, 6) is 0.428. The number of hydrogen-bond donors (Lipinski definition) is 3. The summed E-state index contributed by atoms with van der Waals surface area (Å²) in [6.45, 7) is 7.73. The molecule has 0 fully saturated rings. The van der Waals surface area contributed by atoms with Crippen molar-refractivity contribution >= 4 is 15.9 Å². The molecule has 4 N–H and O–H groups in total. The lowest BCUT2D eigenvalue weighted by Gasteiger charge is -2.26. The van der Waals surface area contributed by atoms with E-state index in [1.165, 1.54) is 6.20 Å². The molecule has 8 nitrogen and oxygen atoms in total. The van der Waals surface area contributed by atoms with Crippen LogP contribution in [0, 0.1) is 6.92 Å². The van der Waals surface area contributed by atoms with E-state index in [0.717, 1.165) is 6.42 Å². The molecule has 0 bridgehead atoms. The van der Waals surface area contributed by atoms with Gasteiger partial charge in [-0.2, -0.15) is 4.72 Å². The maximum atomic E-state index is 12.4. The Kier molecular flexibility index (Phi) is 5.35. The summed E-state index contributed by atoms with van der Waals surface area (Å²) in [5.41, 5.74) is 4.41. The smallest absolute Gasteiger partial charge is 0.260 e. The molecule has 1 rings (SSSR count). The zero-order valence-electron chi connectivity index (χ0n) is 12.8. The molecule has 0 aliphatic heterocycles. The summed E-state index contributed by atoms with van der Waals surface area (Å²) < 4.78 is 29.1. The van der Waals surface area contributed by atoms with E-state index in [4.69, 9.17) is 10.9 Å². The summed E-state index contributed by atoms with van der Waals surface area (Å²) in [7, 11) is -3.86. The van der Waals surface area contributed by atoms with Crippen molar-refractivity contribution < 1.29 is 13.6 Å². The van der Waals surface area contributed by atoms with Crippen molar-refractivity contribution in [3.63, 3.8) is 0 Å². The Labute approximate surface area is 125 Å². The first-order chi connectivity index (χ1) is 9.70. The third-order valence-electron chi connectivity index (χ3n) is 3.43. The number of nitrogens with two attached hydrogens (primary N) is 1. The molecule has 1 unspecified atom stereocenters. The Bertz CT molecular complexity index is 623. The van der Waals surface area contributed by atoms with Gasteiger partial charge < -0.3 is 15.5 Å². The minimum atomic E-state index is -3.86. The molecule has 0 saturated carbocycles. The van der Waals surface area contributed by atoms with Crippen LogP contribution in [-0.2, 0) is 16.6 Å². The van der Waals surface area contributed by atoms with Gasteiger partial charge in [-0.05, 0) is 26.7 Å². The van der Waals surface area contributed by atoms with Gasteiger partial charge in [0.2, 0.25) is 0 Å². The molecule has 1 aromatic rings. The molecule has 21 heavy (non-hydrogen) atoms. The molecule has 9 heteroatoms. The molecule has 0 saturated heterocycles. The fraction of sp³-hybridized carbons (Fsp3) is 0.667. The van der Waals surface area contributed by atoms with Gasteiger partial charge >= 0.3 is 0 Å². The van der Waals surface area contributed by atoms with Crippen molar-refractivity contribution in [2.45, 2.75) is 57.6 Å². The SMILES string of the molecule is CCCn1cc(S(=O)(=O)NC(C)(CC)C(N)=NO)nc1C. The molecule has 0 aliphatic rings. The molecule has 1 atom stereocenters. The third kappa shape index (κ3) is 3.73. The molecule has 0 radical (unpaired) electrons. The first-order valence-corrected chi connectivity index (χ1v) is 8.24. The summed E-state index contributed by atoms with van der Waals surface area (Å²) in [6.07, 6.45) is 2.70.